The van der Waals surface area contributed by atoms with Crippen LogP contribution in [0, 0.1) is 5.92 Å². The summed E-state index contributed by atoms with van der Waals surface area (Å²) in [6.45, 7) is 4.89. The Hall–Kier alpha value is -2.57. The van der Waals surface area contributed by atoms with Crippen LogP contribution in [-0.2, 0) is 0 Å². The van der Waals surface area contributed by atoms with Crippen LogP contribution in [0.2, 0.25) is 0 Å². The summed E-state index contributed by atoms with van der Waals surface area (Å²) in [5, 5.41) is 8.14. The highest BCUT2D eigenvalue weighted by Gasteiger charge is 2.24. The molecule has 0 saturated carbocycles. The first-order valence-corrected chi connectivity index (χ1v) is 8.32. The number of hydrogen-bond donors (Lipinski definition) is 0. The fraction of sp³-hybridized carbons (Fsp3) is 0.471. The van der Waals surface area contributed by atoms with E-state index < -0.39 is 0 Å². The summed E-state index contributed by atoms with van der Waals surface area (Å²) in [5.41, 5.74) is 1.16. The molecular weight excluding hydrogens is 308 g/mol. The predicted octanol–water partition coefficient (Wildman–Crippen LogP) is 1.91. The summed E-state index contributed by atoms with van der Waals surface area (Å²) in [7, 11) is 0. The van der Waals surface area contributed by atoms with Gasteiger partial charge < -0.3 is 14.4 Å². The maximum atomic E-state index is 12.5. The molecule has 0 atom stereocenters. The lowest BCUT2D eigenvalue weighted by Crippen LogP contribution is -2.38. The minimum absolute atomic E-state index is 0.0503. The van der Waals surface area contributed by atoms with Gasteiger partial charge in [0.2, 0.25) is 0 Å². The fourth-order valence-electron chi connectivity index (χ4n) is 3.04. The van der Waals surface area contributed by atoms with Gasteiger partial charge in [0.25, 0.3) is 5.91 Å². The Balaban J connectivity index is 1.53. The van der Waals surface area contributed by atoms with Crippen molar-refractivity contribution >= 4 is 5.91 Å². The van der Waals surface area contributed by atoms with E-state index in [-0.39, 0.29) is 5.91 Å². The normalized spacial score (nSPS) is 17.8. The summed E-state index contributed by atoms with van der Waals surface area (Å²) in [4.78, 5) is 14.4. The molecule has 7 nitrogen and oxygen atoms in total. The Labute approximate surface area is 140 Å². The second-order valence-electron chi connectivity index (χ2n) is 6.35. The van der Waals surface area contributed by atoms with E-state index in [4.69, 9.17) is 9.47 Å². The summed E-state index contributed by atoms with van der Waals surface area (Å²) in [6.07, 6.45) is 3.76. The lowest BCUT2D eigenvalue weighted by atomic mass is 9.99. The predicted molar refractivity (Wildman–Crippen MR) is 86.7 cm³/mol. The van der Waals surface area contributed by atoms with E-state index >= 15 is 0 Å². The smallest absolute Gasteiger partial charge is 0.276 e. The van der Waals surface area contributed by atoms with Crippen molar-refractivity contribution in [3.63, 3.8) is 0 Å². The number of fused-ring (bicyclic) bond motifs is 1. The van der Waals surface area contributed by atoms with Crippen LogP contribution in [0.5, 0.6) is 11.5 Å². The zero-order chi connectivity index (χ0) is 16.5. The first-order chi connectivity index (χ1) is 11.7. The van der Waals surface area contributed by atoms with Gasteiger partial charge in [-0.2, -0.15) is 0 Å². The van der Waals surface area contributed by atoms with Gasteiger partial charge in [-0.1, -0.05) is 12.1 Å². The van der Waals surface area contributed by atoms with Crippen LogP contribution < -0.4 is 9.47 Å². The molecule has 2 aliphatic rings. The number of benzene rings is 1. The van der Waals surface area contributed by atoms with Gasteiger partial charge >= 0.3 is 0 Å². The van der Waals surface area contributed by atoms with Crippen molar-refractivity contribution in [3.8, 4) is 17.2 Å². The molecule has 126 valence electrons. The molecule has 0 unspecified atom stereocenters. The quantitative estimate of drug-likeness (QED) is 0.842. The van der Waals surface area contributed by atoms with Crippen molar-refractivity contribution in [3.05, 3.63) is 30.1 Å². The van der Waals surface area contributed by atoms with Crippen molar-refractivity contribution in [2.75, 3.05) is 26.3 Å². The standard InChI is InChI=1S/C17H20N4O3/c1-12-4-6-20(7-5-12)17(22)14-11-21(19-18-14)13-2-3-15-16(10-13)24-9-8-23-15/h2-3,10-12H,4-9H2,1H3. The molecule has 1 aromatic heterocycles. The number of hydrogen-bond acceptors (Lipinski definition) is 5. The molecule has 24 heavy (non-hydrogen) atoms. The van der Waals surface area contributed by atoms with Crippen LogP contribution in [-0.4, -0.2) is 52.1 Å². The number of nitrogens with zero attached hydrogens (tertiary/aromatic N) is 4. The average molecular weight is 328 g/mol. The molecule has 0 aliphatic carbocycles. The Morgan fingerprint density at radius 1 is 1.17 bits per heavy atom. The number of aromatic nitrogens is 3. The zero-order valence-electron chi connectivity index (χ0n) is 13.6. The first kappa shape index (κ1) is 15.0. The van der Waals surface area contributed by atoms with Gasteiger partial charge in [0.05, 0.1) is 11.9 Å². The summed E-state index contributed by atoms with van der Waals surface area (Å²) >= 11 is 0. The highest BCUT2D eigenvalue weighted by molar-refractivity contribution is 5.92. The van der Waals surface area contributed by atoms with Crippen LogP contribution in [0.4, 0.5) is 0 Å². The maximum Gasteiger partial charge on any atom is 0.276 e. The third-order valence-corrected chi connectivity index (χ3v) is 4.57. The molecule has 0 spiro atoms. The highest BCUT2D eigenvalue weighted by Crippen LogP contribution is 2.31. The third-order valence-electron chi connectivity index (χ3n) is 4.57. The average Bonchev–Trinajstić information content (AvgIpc) is 3.11. The van der Waals surface area contributed by atoms with Crippen LogP contribution in [0.1, 0.15) is 30.3 Å². The summed E-state index contributed by atoms with van der Waals surface area (Å²) < 4.78 is 12.7. The number of carbonyl (C=O) groups excluding carboxylic acids is 1. The minimum Gasteiger partial charge on any atom is -0.486 e. The van der Waals surface area contributed by atoms with Crippen molar-refractivity contribution in [1.82, 2.24) is 19.9 Å². The van der Waals surface area contributed by atoms with Gasteiger partial charge in [0.15, 0.2) is 17.2 Å². The summed E-state index contributed by atoms with van der Waals surface area (Å²) in [5.74, 6) is 2.05. The minimum atomic E-state index is -0.0503. The van der Waals surface area contributed by atoms with Gasteiger partial charge in [-0.15, -0.1) is 5.10 Å². The maximum absolute atomic E-state index is 12.5. The Morgan fingerprint density at radius 2 is 1.92 bits per heavy atom. The summed E-state index contributed by atoms with van der Waals surface area (Å²) in [6, 6.07) is 5.57. The monoisotopic (exact) mass is 328 g/mol. The van der Waals surface area contributed by atoms with Crippen LogP contribution in [0.15, 0.2) is 24.4 Å². The van der Waals surface area contributed by atoms with Gasteiger partial charge in [-0.3, -0.25) is 4.79 Å². The van der Waals surface area contributed by atoms with Crippen molar-refractivity contribution in [1.29, 1.82) is 0 Å². The molecule has 2 aromatic rings. The van der Waals surface area contributed by atoms with Gasteiger partial charge in [-0.25, -0.2) is 4.68 Å². The molecule has 1 saturated heterocycles. The van der Waals surface area contributed by atoms with E-state index in [9.17, 15) is 4.79 Å². The molecule has 0 radical (unpaired) electrons. The number of amides is 1. The topological polar surface area (TPSA) is 69.5 Å². The van der Waals surface area contributed by atoms with Crippen LogP contribution in [0.3, 0.4) is 0 Å². The number of piperidine rings is 1. The lowest BCUT2D eigenvalue weighted by molar-refractivity contribution is 0.0691. The van der Waals surface area contributed by atoms with E-state index in [0.717, 1.165) is 37.4 Å². The molecule has 1 aromatic carbocycles. The lowest BCUT2D eigenvalue weighted by Gasteiger charge is -2.29. The number of carbonyl (C=O) groups is 1. The highest BCUT2D eigenvalue weighted by atomic mass is 16.6. The third kappa shape index (κ3) is 2.81. The van der Waals surface area contributed by atoms with Gasteiger partial charge in [0, 0.05) is 19.2 Å². The molecule has 4 rings (SSSR count). The van der Waals surface area contributed by atoms with Crippen molar-refractivity contribution in [2.24, 2.45) is 5.92 Å². The molecule has 7 heteroatoms. The Bertz CT molecular complexity index is 750. The molecule has 0 bridgehead atoms. The van der Waals surface area contributed by atoms with Crippen molar-refractivity contribution in [2.45, 2.75) is 19.8 Å². The SMILES string of the molecule is CC1CCN(C(=O)c2cn(-c3ccc4c(c3)OCCO4)nn2)CC1. The van der Waals surface area contributed by atoms with Crippen molar-refractivity contribution < 1.29 is 14.3 Å². The zero-order valence-corrected chi connectivity index (χ0v) is 13.6. The Kier molecular flexibility index (Phi) is 3.84. The van der Waals surface area contributed by atoms with E-state index in [1.165, 1.54) is 0 Å². The van der Waals surface area contributed by atoms with Crippen LogP contribution in [0.25, 0.3) is 5.69 Å². The molecule has 0 N–H and O–H groups in total. The molecule has 1 amide bonds. The van der Waals surface area contributed by atoms with Gasteiger partial charge in [0.1, 0.15) is 13.2 Å². The first-order valence-electron chi connectivity index (χ1n) is 8.32. The second-order valence-corrected chi connectivity index (χ2v) is 6.35. The molecule has 2 aliphatic heterocycles. The van der Waals surface area contributed by atoms with E-state index in [2.05, 4.69) is 17.2 Å². The number of likely N-dealkylation sites (tertiary alicyclic amines) is 1. The Morgan fingerprint density at radius 3 is 2.71 bits per heavy atom. The van der Waals surface area contributed by atoms with E-state index in [1.54, 1.807) is 10.9 Å². The van der Waals surface area contributed by atoms with Gasteiger partial charge in [-0.05, 0) is 30.9 Å². The second kappa shape index (κ2) is 6.14. The molecule has 3 heterocycles. The molecular formula is C17H20N4O3. The van der Waals surface area contributed by atoms with E-state index in [1.807, 2.05) is 23.1 Å². The largest absolute Gasteiger partial charge is 0.486 e. The number of rotatable bonds is 2. The molecule has 1 fully saturated rings. The van der Waals surface area contributed by atoms with E-state index in [0.29, 0.717) is 30.6 Å². The fourth-order valence-corrected chi connectivity index (χ4v) is 3.04. The van der Waals surface area contributed by atoms with Crippen LogP contribution >= 0.6 is 0 Å². The number of ether oxygens (including phenoxy) is 2.